The summed E-state index contributed by atoms with van der Waals surface area (Å²) in [4.78, 5) is 0. The number of para-hydroxylation sites is 1. The van der Waals surface area contributed by atoms with Crippen molar-refractivity contribution in [3.63, 3.8) is 0 Å². The van der Waals surface area contributed by atoms with Crippen LogP contribution in [0.15, 0.2) is 24.3 Å². The van der Waals surface area contributed by atoms with Crippen LogP contribution in [0.25, 0.3) is 0 Å². The molecule has 1 aromatic rings. The van der Waals surface area contributed by atoms with E-state index in [2.05, 4.69) is 17.5 Å². The Balaban J connectivity index is 1.96. The summed E-state index contributed by atoms with van der Waals surface area (Å²) in [5.74, 6) is 1.07. The normalized spacial score (nSPS) is 23.3. The molecular formula is C15H20N2O. The van der Waals surface area contributed by atoms with E-state index in [1.807, 2.05) is 18.2 Å². The van der Waals surface area contributed by atoms with Crippen molar-refractivity contribution in [2.75, 3.05) is 7.11 Å². The Labute approximate surface area is 109 Å². The van der Waals surface area contributed by atoms with Crippen LogP contribution >= 0.6 is 0 Å². The number of nitriles is 1. The Bertz CT molecular complexity index is 425. The van der Waals surface area contributed by atoms with Crippen molar-refractivity contribution in [1.29, 1.82) is 5.26 Å². The van der Waals surface area contributed by atoms with Crippen molar-refractivity contribution in [3.05, 3.63) is 29.8 Å². The van der Waals surface area contributed by atoms with Crippen molar-refractivity contribution in [3.8, 4) is 11.8 Å². The zero-order valence-electron chi connectivity index (χ0n) is 10.9. The lowest BCUT2D eigenvalue weighted by Gasteiger charge is -2.27. The predicted molar refractivity (Wildman–Crippen MR) is 71.2 cm³/mol. The highest BCUT2D eigenvalue weighted by Gasteiger charge is 2.24. The molecule has 1 aliphatic carbocycles. The molecule has 96 valence electrons. The molecule has 3 nitrogen and oxygen atoms in total. The van der Waals surface area contributed by atoms with Gasteiger partial charge in [0.25, 0.3) is 0 Å². The lowest BCUT2D eigenvalue weighted by molar-refractivity contribution is 0.309. The number of nitrogens with one attached hydrogen (secondary N) is 1. The van der Waals surface area contributed by atoms with Crippen LogP contribution in [0.4, 0.5) is 0 Å². The monoisotopic (exact) mass is 244 g/mol. The third-order valence-electron chi connectivity index (χ3n) is 3.68. The number of ether oxygens (including phenoxy) is 1. The SMILES string of the molecule is COc1ccccc1CNC1CCCCC1C#N. The van der Waals surface area contributed by atoms with E-state index in [4.69, 9.17) is 10.00 Å². The summed E-state index contributed by atoms with van der Waals surface area (Å²) in [5.41, 5.74) is 1.15. The highest BCUT2D eigenvalue weighted by Crippen LogP contribution is 2.25. The first kappa shape index (κ1) is 12.9. The Kier molecular flexibility index (Phi) is 4.60. The van der Waals surface area contributed by atoms with Gasteiger partial charge in [-0.05, 0) is 18.9 Å². The molecule has 1 saturated carbocycles. The van der Waals surface area contributed by atoms with Gasteiger partial charge in [0.05, 0.1) is 19.1 Å². The molecule has 0 bridgehead atoms. The fourth-order valence-corrected chi connectivity index (χ4v) is 2.62. The number of rotatable bonds is 4. The minimum absolute atomic E-state index is 0.161. The van der Waals surface area contributed by atoms with Gasteiger partial charge in [0.1, 0.15) is 5.75 Å². The summed E-state index contributed by atoms with van der Waals surface area (Å²) in [6.45, 7) is 0.771. The van der Waals surface area contributed by atoms with Crippen LogP contribution in [0.1, 0.15) is 31.2 Å². The first-order chi connectivity index (χ1) is 8.85. The van der Waals surface area contributed by atoms with E-state index in [-0.39, 0.29) is 5.92 Å². The van der Waals surface area contributed by atoms with Gasteiger partial charge in [-0.2, -0.15) is 5.26 Å². The molecule has 2 atom stereocenters. The van der Waals surface area contributed by atoms with Crippen molar-refractivity contribution in [2.24, 2.45) is 5.92 Å². The lowest BCUT2D eigenvalue weighted by atomic mass is 9.85. The number of nitrogens with zero attached hydrogens (tertiary/aromatic N) is 1. The van der Waals surface area contributed by atoms with Gasteiger partial charge in [-0.25, -0.2) is 0 Å². The molecule has 0 radical (unpaired) electrons. The fraction of sp³-hybridized carbons (Fsp3) is 0.533. The standard InChI is InChI=1S/C15H20N2O/c1-18-15-9-5-3-7-13(15)11-17-14-8-4-2-6-12(14)10-16/h3,5,7,9,12,14,17H,2,4,6,8,11H2,1H3. The van der Waals surface area contributed by atoms with Crippen LogP contribution < -0.4 is 10.1 Å². The Hall–Kier alpha value is -1.53. The number of hydrogen-bond donors (Lipinski definition) is 1. The number of methoxy groups -OCH3 is 1. The van der Waals surface area contributed by atoms with Crippen LogP contribution in [0, 0.1) is 17.2 Å². The highest BCUT2D eigenvalue weighted by atomic mass is 16.5. The smallest absolute Gasteiger partial charge is 0.123 e. The van der Waals surface area contributed by atoms with E-state index < -0.39 is 0 Å². The van der Waals surface area contributed by atoms with Gasteiger partial charge in [0.15, 0.2) is 0 Å². The highest BCUT2D eigenvalue weighted by molar-refractivity contribution is 5.33. The summed E-state index contributed by atoms with van der Waals surface area (Å²) in [5, 5.41) is 12.7. The summed E-state index contributed by atoms with van der Waals surface area (Å²) >= 11 is 0. The summed E-state index contributed by atoms with van der Waals surface area (Å²) < 4.78 is 5.33. The van der Waals surface area contributed by atoms with Crippen molar-refractivity contribution < 1.29 is 4.74 Å². The molecule has 2 rings (SSSR count). The zero-order valence-corrected chi connectivity index (χ0v) is 10.9. The molecule has 0 aliphatic heterocycles. The molecule has 18 heavy (non-hydrogen) atoms. The predicted octanol–water partition coefficient (Wildman–Crippen LogP) is 2.87. The van der Waals surface area contributed by atoms with Crippen LogP contribution in [-0.2, 0) is 6.54 Å². The molecule has 1 aromatic carbocycles. The molecule has 1 N–H and O–H groups in total. The van der Waals surface area contributed by atoms with E-state index in [0.29, 0.717) is 6.04 Å². The van der Waals surface area contributed by atoms with Gasteiger partial charge in [-0.3, -0.25) is 0 Å². The van der Waals surface area contributed by atoms with Gasteiger partial charge in [0.2, 0.25) is 0 Å². The van der Waals surface area contributed by atoms with Crippen LogP contribution in [-0.4, -0.2) is 13.2 Å². The Morgan fingerprint density at radius 3 is 2.89 bits per heavy atom. The van der Waals surface area contributed by atoms with Gasteiger partial charge < -0.3 is 10.1 Å². The van der Waals surface area contributed by atoms with Crippen molar-refractivity contribution in [2.45, 2.75) is 38.3 Å². The quantitative estimate of drug-likeness (QED) is 0.885. The molecule has 0 spiro atoms. The summed E-state index contributed by atoms with van der Waals surface area (Å²) in [7, 11) is 1.69. The Morgan fingerprint density at radius 1 is 1.33 bits per heavy atom. The molecule has 1 aliphatic rings. The van der Waals surface area contributed by atoms with Crippen LogP contribution in [0.3, 0.4) is 0 Å². The summed E-state index contributed by atoms with van der Waals surface area (Å²) in [6, 6.07) is 10.8. The second-order valence-electron chi connectivity index (χ2n) is 4.82. The number of benzene rings is 1. The van der Waals surface area contributed by atoms with Crippen LogP contribution in [0.2, 0.25) is 0 Å². The van der Waals surface area contributed by atoms with E-state index >= 15 is 0 Å². The third-order valence-corrected chi connectivity index (χ3v) is 3.68. The van der Waals surface area contributed by atoms with Crippen LogP contribution in [0.5, 0.6) is 5.75 Å². The molecule has 0 saturated heterocycles. The molecule has 1 fully saturated rings. The van der Waals surface area contributed by atoms with Gasteiger partial charge >= 0.3 is 0 Å². The molecule has 2 unspecified atom stereocenters. The van der Waals surface area contributed by atoms with Gasteiger partial charge in [0, 0.05) is 18.2 Å². The molecular weight excluding hydrogens is 224 g/mol. The van der Waals surface area contributed by atoms with E-state index in [0.717, 1.165) is 30.7 Å². The Morgan fingerprint density at radius 2 is 2.11 bits per heavy atom. The second-order valence-corrected chi connectivity index (χ2v) is 4.82. The minimum atomic E-state index is 0.161. The van der Waals surface area contributed by atoms with Gasteiger partial charge in [-0.15, -0.1) is 0 Å². The van der Waals surface area contributed by atoms with Gasteiger partial charge in [-0.1, -0.05) is 31.0 Å². The fourth-order valence-electron chi connectivity index (χ4n) is 2.62. The molecule has 3 heteroatoms. The van der Waals surface area contributed by atoms with Crippen molar-refractivity contribution in [1.82, 2.24) is 5.32 Å². The summed E-state index contributed by atoms with van der Waals surface area (Å²) in [6.07, 6.45) is 4.54. The molecule has 0 amide bonds. The molecule has 0 aromatic heterocycles. The average molecular weight is 244 g/mol. The zero-order chi connectivity index (χ0) is 12.8. The second kappa shape index (κ2) is 6.42. The average Bonchev–Trinajstić information content (AvgIpc) is 2.45. The first-order valence-corrected chi connectivity index (χ1v) is 6.60. The first-order valence-electron chi connectivity index (χ1n) is 6.60. The topological polar surface area (TPSA) is 45.0 Å². The van der Waals surface area contributed by atoms with Crippen molar-refractivity contribution >= 4 is 0 Å². The third kappa shape index (κ3) is 3.02. The van der Waals surface area contributed by atoms with E-state index in [1.54, 1.807) is 7.11 Å². The van der Waals surface area contributed by atoms with E-state index in [1.165, 1.54) is 12.8 Å². The minimum Gasteiger partial charge on any atom is -0.496 e. The lowest BCUT2D eigenvalue weighted by Crippen LogP contribution is -2.37. The maximum Gasteiger partial charge on any atom is 0.123 e. The largest absolute Gasteiger partial charge is 0.496 e. The maximum atomic E-state index is 9.14. The molecule has 0 heterocycles. The maximum absolute atomic E-state index is 9.14. The van der Waals surface area contributed by atoms with E-state index in [9.17, 15) is 0 Å². The number of hydrogen-bond acceptors (Lipinski definition) is 3.